The number of ketones is 1. The Balaban J connectivity index is 1.58. The number of thioether (sulfide) groups is 1. The van der Waals surface area contributed by atoms with Gasteiger partial charge < -0.3 is 14.8 Å². The van der Waals surface area contributed by atoms with Crippen LogP contribution in [0, 0.1) is 6.92 Å². The number of nitrogens with one attached hydrogen (secondary N) is 1. The molecule has 5 nitrogen and oxygen atoms in total. The zero-order valence-corrected chi connectivity index (χ0v) is 17.9. The number of hydrogen-bond acceptors (Lipinski definition) is 5. The van der Waals surface area contributed by atoms with Gasteiger partial charge in [-0.05, 0) is 61.5 Å². The lowest BCUT2D eigenvalue weighted by molar-refractivity contribution is 0.101. The van der Waals surface area contributed by atoms with E-state index in [2.05, 4.69) is 5.32 Å². The van der Waals surface area contributed by atoms with Crippen molar-refractivity contribution in [1.29, 1.82) is 0 Å². The number of rotatable bonds is 8. The lowest BCUT2D eigenvalue weighted by atomic mass is 10.1. The van der Waals surface area contributed by atoms with Crippen LogP contribution < -0.4 is 14.8 Å². The Morgan fingerprint density at radius 3 is 2.27 bits per heavy atom. The molecule has 0 heterocycles. The molecule has 3 aromatic rings. The van der Waals surface area contributed by atoms with Crippen molar-refractivity contribution >= 4 is 29.1 Å². The van der Waals surface area contributed by atoms with E-state index in [1.54, 1.807) is 38.5 Å². The highest BCUT2D eigenvalue weighted by Gasteiger charge is 2.12. The van der Waals surface area contributed by atoms with Gasteiger partial charge in [0.25, 0.3) is 5.91 Å². The van der Waals surface area contributed by atoms with Crippen molar-refractivity contribution in [2.24, 2.45) is 0 Å². The standard InChI is InChI=1S/C24H23NO4S/c1-16-5-4-6-18(13-16)24(27)25-19-8-10-20(11-9-19)30-15-21(26)17-7-12-22(28-2)23(14-17)29-3/h4-14H,15H2,1-3H3,(H,25,27). The maximum atomic E-state index is 12.5. The smallest absolute Gasteiger partial charge is 0.255 e. The van der Waals surface area contributed by atoms with Crippen LogP contribution in [0.15, 0.2) is 71.6 Å². The molecule has 154 valence electrons. The van der Waals surface area contributed by atoms with Crippen LogP contribution in [0.1, 0.15) is 26.3 Å². The molecule has 0 bridgehead atoms. The van der Waals surface area contributed by atoms with Gasteiger partial charge in [-0.15, -0.1) is 11.8 Å². The highest BCUT2D eigenvalue weighted by Crippen LogP contribution is 2.29. The molecule has 1 N–H and O–H groups in total. The number of aryl methyl sites for hydroxylation is 1. The molecule has 1 amide bonds. The summed E-state index contributed by atoms with van der Waals surface area (Å²) in [6, 6.07) is 20.0. The molecule has 0 aliphatic heterocycles. The number of Topliss-reactive ketones (excluding diaryl/α,β-unsaturated/α-hetero) is 1. The van der Waals surface area contributed by atoms with E-state index in [9.17, 15) is 9.59 Å². The monoisotopic (exact) mass is 421 g/mol. The van der Waals surface area contributed by atoms with Crippen molar-refractivity contribution in [3.05, 3.63) is 83.4 Å². The molecule has 0 saturated heterocycles. The average Bonchev–Trinajstić information content (AvgIpc) is 2.77. The summed E-state index contributed by atoms with van der Waals surface area (Å²) in [4.78, 5) is 25.8. The normalized spacial score (nSPS) is 10.4. The lowest BCUT2D eigenvalue weighted by Crippen LogP contribution is -2.11. The molecule has 3 rings (SSSR count). The summed E-state index contributed by atoms with van der Waals surface area (Å²) >= 11 is 1.44. The molecule has 0 atom stereocenters. The summed E-state index contributed by atoms with van der Waals surface area (Å²) in [5, 5.41) is 2.89. The van der Waals surface area contributed by atoms with Crippen molar-refractivity contribution in [2.45, 2.75) is 11.8 Å². The van der Waals surface area contributed by atoms with Crippen LogP contribution in [-0.2, 0) is 0 Å². The molecular formula is C24H23NO4S. The largest absolute Gasteiger partial charge is 0.493 e. The molecule has 6 heteroatoms. The fourth-order valence-electron chi connectivity index (χ4n) is 2.87. The van der Waals surface area contributed by atoms with Crippen LogP contribution in [0.25, 0.3) is 0 Å². The van der Waals surface area contributed by atoms with E-state index in [0.29, 0.717) is 34.1 Å². The van der Waals surface area contributed by atoms with Crippen LogP contribution in [0.4, 0.5) is 5.69 Å². The van der Waals surface area contributed by atoms with E-state index in [0.717, 1.165) is 10.5 Å². The van der Waals surface area contributed by atoms with Gasteiger partial charge in [-0.3, -0.25) is 9.59 Å². The summed E-state index contributed by atoms with van der Waals surface area (Å²) in [6.07, 6.45) is 0. The summed E-state index contributed by atoms with van der Waals surface area (Å²) in [6.45, 7) is 1.95. The Morgan fingerprint density at radius 1 is 0.867 bits per heavy atom. The predicted molar refractivity (Wildman–Crippen MR) is 120 cm³/mol. The Labute approximate surface area is 180 Å². The van der Waals surface area contributed by atoms with Gasteiger partial charge in [-0.25, -0.2) is 0 Å². The van der Waals surface area contributed by atoms with Crippen molar-refractivity contribution in [3.8, 4) is 11.5 Å². The molecule has 0 aromatic heterocycles. The number of benzene rings is 3. The van der Waals surface area contributed by atoms with Gasteiger partial charge >= 0.3 is 0 Å². The van der Waals surface area contributed by atoms with Crippen molar-refractivity contribution in [2.75, 3.05) is 25.3 Å². The molecule has 0 unspecified atom stereocenters. The van der Waals surface area contributed by atoms with Crippen LogP contribution >= 0.6 is 11.8 Å². The highest BCUT2D eigenvalue weighted by atomic mass is 32.2. The van der Waals surface area contributed by atoms with Gasteiger partial charge in [0.15, 0.2) is 17.3 Å². The Bertz CT molecular complexity index is 1050. The molecule has 0 aliphatic carbocycles. The summed E-state index contributed by atoms with van der Waals surface area (Å²) < 4.78 is 10.5. The van der Waals surface area contributed by atoms with Gasteiger partial charge in [-0.1, -0.05) is 17.7 Å². The number of anilines is 1. The first-order valence-corrected chi connectivity index (χ1v) is 10.3. The molecule has 3 aromatic carbocycles. The van der Waals surface area contributed by atoms with Crippen LogP contribution in [-0.4, -0.2) is 31.7 Å². The third kappa shape index (κ3) is 5.42. The zero-order valence-electron chi connectivity index (χ0n) is 17.1. The molecule has 0 aliphatic rings. The second-order valence-electron chi connectivity index (χ2n) is 6.63. The average molecular weight is 422 g/mol. The zero-order chi connectivity index (χ0) is 21.5. The minimum Gasteiger partial charge on any atom is -0.493 e. The van der Waals surface area contributed by atoms with E-state index < -0.39 is 0 Å². The minimum atomic E-state index is -0.150. The quantitative estimate of drug-likeness (QED) is 0.398. The topological polar surface area (TPSA) is 64.6 Å². The molecule has 0 radical (unpaired) electrons. The van der Waals surface area contributed by atoms with Crippen LogP contribution in [0.2, 0.25) is 0 Å². The predicted octanol–water partition coefficient (Wildman–Crippen LogP) is 5.24. The first-order chi connectivity index (χ1) is 14.5. The number of ether oxygens (including phenoxy) is 2. The summed E-state index contributed by atoms with van der Waals surface area (Å²) in [5.74, 6) is 1.26. The van der Waals surface area contributed by atoms with Gasteiger partial charge in [-0.2, -0.15) is 0 Å². The second kappa shape index (κ2) is 9.98. The lowest BCUT2D eigenvalue weighted by Gasteiger charge is -2.09. The number of amides is 1. The number of carbonyl (C=O) groups excluding carboxylic acids is 2. The van der Waals surface area contributed by atoms with Gasteiger partial charge in [0.05, 0.1) is 20.0 Å². The van der Waals surface area contributed by atoms with Crippen molar-refractivity contribution in [3.63, 3.8) is 0 Å². The second-order valence-corrected chi connectivity index (χ2v) is 7.68. The van der Waals surface area contributed by atoms with E-state index in [1.807, 2.05) is 49.4 Å². The minimum absolute atomic E-state index is 0.00206. The van der Waals surface area contributed by atoms with Crippen molar-refractivity contribution < 1.29 is 19.1 Å². The van der Waals surface area contributed by atoms with E-state index >= 15 is 0 Å². The molecule has 0 saturated carbocycles. The number of carbonyl (C=O) groups is 2. The number of methoxy groups -OCH3 is 2. The first-order valence-electron chi connectivity index (χ1n) is 9.36. The van der Waals surface area contributed by atoms with E-state index in [-0.39, 0.29) is 11.7 Å². The van der Waals surface area contributed by atoms with E-state index in [1.165, 1.54) is 11.8 Å². The Hall–Kier alpha value is -3.25. The summed E-state index contributed by atoms with van der Waals surface area (Å²) in [5.41, 5.74) is 2.93. The maximum Gasteiger partial charge on any atom is 0.255 e. The van der Waals surface area contributed by atoms with Gasteiger partial charge in [0, 0.05) is 21.7 Å². The molecular weight excluding hydrogens is 398 g/mol. The van der Waals surface area contributed by atoms with Gasteiger partial charge in [0.2, 0.25) is 0 Å². The fourth-order valence-corrected chi connectivity index (χ4v) is 3.66. The van der Waals surface area contributed by atoms with Gasteiger partial charge in [0.1, 0.15) is 0 Å². The summed E-state index contributed by atoms with van der Waals surface area (Å²) in [7, 11) is 3.10. The van der Waals surface area contributed by atoms with Crippen molar-refractivity contribution in [1.82, 2.24) is 0 Å². The SMILES string of the molecule is COc1ccc(C(=O)CSc2ccc(NC(=O)c3cccc(C)c3)cc2)cc1OC. The Morgan fingerprint density at radius 2 is 1.60 bits per heavy atom. The third-order valence-electron chi connectivity index (χ3n) is 4.47. The molecule has 0 fully saturated rings. The maximum absolute atomic E-state index is 12.5. The number of hydrogen-bond donors (Lipinski definition) is 1. The Kier molecular flexibility index (Phi) is 7.14. The third-order valence-corrected chi connectivity index (χ3v) is 5.48. The highest BCUT2D eigenvalue weighted by molar-refractivity contribution is 8.00. The van der Waals surface area contributed by atoms with Crippen LogP contribution in [0.3, 0.4) is 0 Å². The van der Waals surface area contributed by atoms with E-state index in [4.69, 9.17) is 9.47 Å². The molecule has 0 spiro atoms. The fraction of sp³-hybridized carbons (Fsp3) is 0.167. The first kappa shape index (κ1) is 21.5. The van der Waals surface area contributed by atoms with Crippen LogP contribution in [0.5, 0.6) is 11.5 Å². The molecule has 30 heavy (non-hydrogen) atoms.